The van der Waals surface area contributed by atoms with Crippen LogP contribution in [0.1, 0.15) is 39.6 Å². The van der Waals surface area contributed by atoms with E-state index in [2.05, 4.69) is 0 Å². The number of Topliss-reactive ketones (excluding diaryl/α,β-unsaturated/α-hetero) is 1. The Labute approximate surface area is 121 Å². The van der Waals surface area contributed by atoms with Gasteiger partial charge in [-0.15, -0.1) is 11.6 Å². The van der Waals surface area contributed by atoms with Crippen LogP contribution in [0.4, 0.5) is 0 Å². The summed E-state index contributed by atoms with van der Waals surface area (Å²) in [6.07, 6.45) is -0.304. The molecule has 0 fully saturated rings. The van der Waals surface area contributed by atoms with Crippen LogP contribution in [0.3, 0.4) is 0 Å². The van der Waals surface area contributed by atoms with Crippen LogP contribution >= 0.6 is 11.6 Å². The fraction of sp³-hybridized carbons (Fsp3) is 0.357. The molecule has 0 atom stereocenters. The summed E-state index contributed by atoms with van der Waals surface area (Å²) in [4.78, 5) is 34.8. The molecule has 108 valence electrons. The molecule has 0 aromatic heterocycles. The van der Waals surface area contributed by atoms with Crippen LogP contribution in [0, 0.1) is 0 Å². The number of benzene rings is 1. The highest BCUT2D eigenvalue weighted by Gasteiger charge is 2.22. The van der Waals surface area contributed by atoms with Gasteiger partial charge in [0.05, 0.1) is 18.6 Å². The lowest BCUT2D eigenvalue weighted by Gasteiger charge is -2.11. The molecular weight excluding hydrogens is 284 g/mol. The Balaban J connectivity index is 3.31. The summed E-state index contributed by atoms with van der Waals surface area (Å²) in [5.74, 6) is -1.98. The highest BCUT2D eigenvalue weighted by atomic mass is 35.5. The first-order chi connectivity index (χ1) is 9.51. The van der Waals surface area contributed by atoms with E-state index in [4.69, 9.17) is 21.4 Å². The van der Waals surface area contributed by atoms with Crippen molar-refractivity contribution in [2.75, 3.05) is 12.5 Å². The number of hydrogen-bond acceptors (Lipinski definition) is 4. The second-order valence-electron chi connectivity index (χ2n) is 3.99. The maximum absolute atomic E-state index is 12.1. The molecule has 0 spiro atoms. The molecule has 0 bridgehead atoms. The SMILES string of the molecule is CCOC(=O)c1cccc(CC(=O)O)c1C(=O)CCCl. The first-order valence-corrected chi connectivity index (χ1v) is 6.64. The standard InChI is InChI=1S/C14H15ClO5/c1-2-20-14(19)10-5-3-4-9(8-12(17)18)13(10)11(16)6-7-15/h3-5H,2,6-8H2,1H3,(H,17,18). The van der Waals surface area contributed by atoms with E-state index >= 15 is 0 Å². The van der Waals surface area contributed by atoms with E-state index in [0.717, 1.165) is 0 Å². The fourth-order valence-corrected chi connectivity index (χ4v) is 2.00. The van der Waals surface area contributed by atoms with Crippen molar-refractivity contribution in [3.05, 3.63) is 34.9 Å². The van der Waals surface area contributed by atoms with Gasteiger partial charge in [0.1, 0.15) is 0 Å². The molecule has 0 heterocycles. The molecule has 1 N–H and O–H groups in total. The highest BCUT2D eigenvalue weighted by Crippen LogP contribution is 2.19. The molecule has 20 heavy (non-hydrogen) atoms. The van der Waals surface area contributed by atoms with Gasteiger partial charge in [-0.05, 0) is 18.6 Å². The third-order valence-electron chi connectivity index (χ3n) is 2.59. The molecule has 0 amide bonds. The molecule has 1 rings (SSSR count). The summed E-state index contributed by atoms with van der Waals surface area (Å²) in [5, 5.41) is 8.88. The zero-order valence-electron chi connectivity index (χ0n) is 11.0. The van der Waals surface area contributed by atoms with Crippen molar-refractivity contribution in [2.45, 2.75) is 19.8 Å². The van der Waals surface area contributed by atoms with Crippen molar-refractivity contribution in [1.82, 2.24) is 0 Å². The summed E-state index contributed by atoms with van der Waals surface area (Å²) in [7, 11) is 0. The number of carbonyl (C=O) groups excluding carboxylic acids is 2. The third kappa shape index (κ3) is 4.06. The Bertz CT molecular complexity index is 524. The van der Waals surface area contributed by atoms with Crippen molar-refractivity contribution in [2.24, 2.45) is 0 Å². The number of carboxylic acids is 1. The minimum absolute atomic E-state index is 0.0323. The van der Waals surface area contributed by atoms with Crippen molar-refractivity contribution < 1.29 is 24.2 Å². The normalized spacial score (nSPS) is 10.1. The van der Waals surface area contributed by atoms with E-state index in [1.54, 1.807) is 6.92 Å². The third-order valence-corrected chi connectivity index (χ3v) is 2.78. The second-order valence-corrected chi connectivity index (χ2v) is 4.37. The summed E-state index contributed by atoms with van der Waals surface area (Å²) < 4.78 is 4.89. The smallest absolute Gasteiger partial charge is 0.338 e. The molecule has 1 aromatic rings. The molecule has 6 heteroatoms. The van der Waals surface area contributed by atoms with Gasteiger partial charge in [-0.3, -0.25) is 9.59 Å². The number of alkyl halides is 1. The monoisotopic (exact) mass is 298 g/mol. The van der Waals surface area contributed by atoms with Crippen LogP contribution in [0.2, 0.25) is 0 Å². The molecule has 0 saturated heterocycles. The minimum atomic E-state index is -1.08. The number of carboxylic acid groups (broad SMARTS) is 1. The quantitative estimate of drug-likeness (QED) is 0.474. The molecule has 0 saturated carbocycles. The van der Waals surface area contributed by atoms with Gasteiger partial charge in [0, 0.05) is 17.9 Å². The van der Waals surface area contributed by atoms with Crippen molar-refractivity contribution >= 4 is 29.3 Å². The zero-order valence-corrected chi connectivity index (χ0v) is 11.8. The summed E-state index contributed by atoms with van der Waals surface area (Å²) in [5.41, 5.74) is 0.466. The molecule has 5 nitrogen and oxygen atoms in total. The minimum Gasteiger partial charge on any atom is -0.481 e. The zero-order chi connectivity index (χ0) is 15.1. The van der Waals surface area contributed by atoms with Crippen LogP contribution in [-0.4, -0.2) is 35.3 Å². The Kier molecular flexibility index (Phi) is 6.18. The van der Waals surface area contributed by atoms with Gasteiger partial charge in [-0.1, -0.05) is 12.1 Å². The van der Waals surface area contributed by atoms with Crippen LogP contribution < -0.4 is 0 Å². The van der Waals surface area contributed by atoms with Crippen LogP contribution in [0.25, 0.3) is 0 Å². The van der Waals surface area contributed by atoms with Gasteiger partial charge >= 0.3 is 11.9 Å². The molecule has 1 aromatic carbocycles. The number of esters is 1. The van der Waals surface area contributed by atoms with E-state index in [1.165, 1.54) is 18.2 Å². The molecule has 0 aliphatic carbocycles. The molecule has 0 aliphatic rings. The summed E-state index contributed by atoms with van der Waals surface area (Å²) in [6.45, 7) is 1.82. The van der Waals surface area contributed by atoms with E-state index in [9.17, 15) is 14.4 Å². The number of rotatable bonds is 7. The predicted octanol–water partition coefficient (Wildman–Crippen LogP) is 2.30. The lowest BCUT2D eigenvalue weighted by atomic mass is 9.94. The van der Waals surface area contributed by atoms with E-state index in [-0.39, 0.29) is 47.8 Å². The number of hydrogen-bond donors (Lipinski definition) is 1. The molecule has 0 unspecified atom stereocenters. The largest absolute Gasteiger partial charge is 0.481 e. The van der Waals surface area contributed by atoms with Crippen molar-refractivity contribution in [3.63, 3.8) is 0 Å². The average molecular weight is 299 g/mol. The van der Waals surface area contributed by atoms with E-state index < -0.39 is 11.9 Å². The lowest BCUT2D eigenvalue weighted by Crippen LogP contribution is -2.16. The Morgan fingerprint density at radius 1 is 1.30 bits per heavy atom. The topological polar surface area (TPSA) is 80.7 Å². The van der Waals surface area contributed by atoms with Gasteiger partial charge in [0.15, 0.2) is 5.78 Å². The Hall–Kier alpha value is -1.88. The maximum atomic E-state index is 12.1. The molecule has 0 aliphatic heterocycles. The predicted molar refractivity (Wildman–Crippen MR) is 73.4 cm³/mol. The number of ether oxygens (including phenoxy) is 1. The maximum Gasteiger partial charge on any atom is 0.338 e. The number of ketones is 1. The van der Waals surface area contributed by atoms with Gasteiger partial charge in [0.2, 0.25) is 0 Å². The van der Waals surface area contributed by atoms with Gasteiger partial charge in [0.25, 0.3) is 0 Å². The van der Waals surface area contributed by atoms with Crippen molar-refractivity contribution in [1.29, 1.82) is 0 Å². The second kappa shape index (κ2) is 7.65. The van der Waals surface area contributed by atoms with Crippen LogP contribution in [-0.2, 0) is 16.0 Å². The van der Waals surface area contributed by atoms with Gasteiger partial charge in [-0.2, -0.15) is 0 Å². The Morgan fingerprint density at radius 3 is 2.55 bits per heavy atom. The van der Waals surface area contributed by atoms with E-state index in [0.29, 0.717) is 0 Å². The highest BCUT2D eigenvalue weighted by molar-refractivity contribution is 6.20. The van der Waals surface area contributed by atoms with Gasteiger partial charge < -0.3 is 9.84 Å². The van der Waals surface area contributed by atoms with Gasteiger partial charge in [-0.25, -0.2) is 4.79 Å². The molecule has 0 radical (unpaired) electrons. The van der Waals surface area contributed by atoms with Crippen molar-refractivity contribution in [3.8, 4) is 0 Å². The summed E-state index contributed by atoms with van der Waals surface area (Å²) in [6, 6.07) is 4.49. The van der Waals surface area contributed by atoms with Crippen LogP contribution in [0.15, 0.2) is 18.2 Å². The first kappa shape index (κ1) is 16.2. The molecular formula is C14H15ClO5. The van der Waals surface area contributed by atoms with E-state index in [1.807, 2.05) is 0 Å². The van der Waals surface area contributed by atoms with Crippen LogP contribution in [0.5, 0.6) is 0 Å². The lowest BCUT2D eigenvalue weighted by molar-refractivity contribution is -0.136. The first-order valence-electron chi connectivity index (χ1n) is 6.11. The summed E-state index contributed by atoms with van der Waals surface area (Å²) >= 11 is 5.54. The Morgan fingerprint density at radius 2 is 2.00 bits per heavy atom. The number of aliphatic carboxylic acids is 1. The average Bonchev–Trinajstić information content (AvgIpc) is 2.38. The number of carbonyl (C=O) groups is 3. The number of halogens is 1. The fourth-order valence-electron chi connectivity index (χ4n) is 1.83.